The lowest BCUT2D eigenvalue weighted by atomic mass is 9.92. The molecular formula is C28H24N2O6. The Hall–Kier alpha value is -4.98. The van der Waals surface area contributed by atoms with Gasteiger partial charge in [0, 0.05) is 0 Å². The zero-order chi connectivity index (χ0) is 25.7. The first-order chi connectivity index (χ1) is 17.3. The van der Waals surface area contributed by atoms with Crippen LogP contribution in [0.5, 0.6) is 23.0 Å². The first kappa shape index (κ1) is 24.2. The van der Waals surface area contributed by atoms with E-state index in [4.69, 9.17) is 0 Å². The summed E-state index contributed by atoms with van der Waals surface area (Å²) in [6, 6.07) is 23.4. The monoisotopic (exact) mass is 484 g/mol. The van der Waals surface area contributed by atoms with Crippen molar-refractivity contribution in [3.05, 3.63) is 119 Å². The maximum absolute atomic E-state index is 13.2. The summed E-state index contributed by atoms with van der Waals surface area (Å²) < 4.78 is 0. The molecule has 0 bridgehead atoms. The van der Waals surface area contributed by atoms with E-state index in [2.05, 4.69) is 10.6 Å². The number of hydrogen-bond donors (Lipinski definition) is 6. The van der Waals surface area contributed by atoms with Crippen molar-refractivity contribution in [3.63, 3.8) is 0 Å². The van der Waals surface area contributed by atoms with Gasteiger partial charge in [0.15, 0.2) is 0 Å². The highest BCUT2D eigenvalue weighted by Crippen LogP contribution is 2.32. The summed E-state index contributed by atoms with van der Waals surface area (Å²) in [4.78, 5) is 26.4. The number of carbonyl (C=O) groups is 2. The number of phenols is 4. The van der Waals surface area contributed by atoms with Gasteiger partial charge in [-0.1, -0.05) is 60.7 Å². The maximum atomic E-state index is 13.2. The van der Waals surface area contributed by atoms with Crippen molar-refractivity contribution in [1.29, 1.82) is 0 Å². The summed E-state index contributed by atoms with van der Waals surface area (Å²) in [7, 11) is 0. The molecule has 0 spiro atoms. The van der Waals surface area contributed by atoms with Gasteiger partial charge in [-0.25, -0.2) is 0 Å². The van der Waals surface area contributed by atoms with Gasteiger partial charge in [-0.15, -0.1) is 0 Å². The zero-order valence-corrected chi connectivity index (χ0v) is 19.0. The quantitative estimate of drug-likeness (QED) is 0.218. The van der Waals surface area contributed by atoms with Crippen molar-refractivity contribution in [2.24, 2.45) is 0 Å². The summed E-state index contributed by atoms with van der Waals surface area (Å²) >= 11 is 0. The molecule has 0 saturated heterocycles. The second-order valence-electron chi connectivity index (χ2n) is 8.13. The average molecular weight is 485 g/mol. The van der Waals surface area contributed by atoms with Crippen LogP contribution in [0.4, 0.5) is 0 Å². The lowest BCUT2D eigenvalue weighted by molar-refractivity contribution is 0.0878. The van der Waals surface area contributed by atoms with Crippen LogP contribution in [0, 0.1) is 0 Å². The number of rotatable bonds is 7. The van der Waals surface area contributed by atoms with Gasteiger partial charge in [-0.2, -0.15) is 0 Å². The molecule has 2 atom stereocenters. The Bertz CT molecular complexity index is 1270. The van der Waals surface area contributed by atoms with Crippen molar-refractivity contribution >= 4 is 11.8 Å². The molecule has 8 nitrogen and oxygen atoms in total. The normalized spacial score (nSPS) is 12.3. The SMILES string of the molecule is O=C(N[C@H](c1ccccc1)[C@@H](NC(=O)c1cc(O)ccc1O)c1ccccc1)c1cc(O)ccc1O. The molecular weight excluding hydrogens is 460 g/mol. The molecule has 0 unspecified atom stereocenters. The minimum atomic E-state index is -0.828. The van der Waals surface area contributed by atoms with E-state index < -0.39 is 23.9 Å². The van der Waals surface area contributed by atoms with Crippen molar-refractivity contribution in [2.75, 3.05) is 0 Å². The van der Waals surface area contributed by atoms with Crippen LogP contribution in [0.1, 0.15) is 43.9 Å². The second-order valence-corrected chi connectivity index (χ2v) is 8.13. The smallest absolute Gasteiger partial charge is 0.255 e. The van der Waals surface area contributed by atoms with Gasteiger partial charge >= 0.3 is 0 Å². The summed E-state index contributed by atoms with van der Waals surface area (Å²) in [6.45, 7) is 0. The topological polar surface area (TPSA) is 139 Å². The van der Waals surface area contributed by atoms with E-state index in [1.165, 1.54) is 24.3 Å². The number of phenolic OH excluding ortho intramolecular Hbond substituents is 4. The molecule has 8 heteroatoms. The van der Waals surface area contributed by atoms with Crippen LogP contribution in [-0.2, 0) is 0 Å². The van der Waals surface area contributed by atoms with Crippen molar-refractivity contribution < 1.29 is 30.0 Å². The highest BCUT2D eigenvalue weighted by atomic mass is 16.3. The number of nitrogens with one attached hydrogen (secondary N) is 2. The molecule has 0 aromatic heterocycles. The van der Waals surface area contributed by atoms with Crippen molar-refractivity contribution in [1.82, 2.24) is 10.6 Å². The largest absolute Gasteiger partial charge is 0.508 e. The second kappa shape index (κ2) is 10.5. The molecule has 36 heavy (non-hydrogen) atoms. The summed E-state index contributed by atoms with van der Waals surface area (Å²) in [5, 5.41) is 45.8. The Labute approximate surface area is 207 Å². The van der Waals surface area contributed by atoms with Gasteiger partial charge in [0.25, 0.3) is 11.8 Å². The molecule has 0 aliphatic rings. The Kier molecular flexibility index (Phi) is 7.06. The Morgan fingerprint density at radius 2 is 0.889 bits per heavy atom. The van der Waals surface area contributed by atoms with Crippen molar-refractivity contribution in [3.8, 4) is 23.0 Å². The third-order valence-corrected chi connectivity index (χ3v) is 5.67. The number of aromatic hydroxyl groups is 4. The first-order valence-corrected chi connectivity index (χ1v) is 11.1. The molecule has 0 aliphatic heterocycles. The third-order valence-electron chi connectivity index (χ3n) is 5.67. The van der Waals surface area contributed by atoms with Gasteiger partial charge in [-0.05, 0) is 47.5 Å². The molecule has 0 fully saturated rings. The van der Waals surface area contributed by atoms with Crippen LogP contribution >= 0.6 is 0 Å². The van der Waals surface area contributed by atoms with E-state index in [9.17, 15) is 30.0 Å². The number of amides is 2. The highest BCUT2D eigenvalue weighted by molar-refractivity contribution is 5.98. The number of hydrogen-bond acceptors (Lipinski definition) is 6. The van der Waals surface area contributed by atoms with Crippen LogP contribution in [0.15, 0.2) is 97.1 Å². The molecule has 4 rings (SSSR count). The average Bonchev–Trinajstić information content (AvgIpc) is 2.89. The summed E-state index contributed by atoms with van der Waals surface area (Å²) in [5.74, 6) is -2.37. The molecule has 0 heterocycles. The zero-order valence-electron chi connectivity index (χ0n) is 19.0. The van der Waals surface area contributed by atoms with Gasteiger partial charge in [0.2, 0.25) is 0 Å². The van der Waals surface area contributed by atoms with Crippen molar-refractivity contribution in [2.45, 2.75) is 12.1 Å². The van der Waals surface area contributed by atoms with E-state index in [-0.39, 0.29) is 34.1 Å². The van der Waals surface area contributed by atoms with Crippen LogP contribution in [-0.4, -0.2) is 32.2 Å². The van der Waals surface area contributed by atoms with Gasteiger partial charge in [0.05, 0.1) is 23.2 Å². The van der Waals surface area contributed by atoms with E-state index in [0.717, 1.165) is 12.1 Å². The molecule has 0 radical (unpaired) electrons. The minimum Gasteiger partial charge on any atom is -0.508 e. The van der Waals surface area contributed by atoms with E-state index in [1.54, 1.807) is 48.5 Å². The fourth-order valence-corrected chi connectivity index (χ4v) is 3.89. The van der Waals surface area contributed by atoms with E-state index >= 15 is 0 Å². The van der Waals surface area contributed by atoms with Gasteiger partial charge in [-0.3, -0.25) is 9.59 Å². The van der Waals surface area contributed by atoms with Crippen LogP contribution in [0.25, 0.3) is 0 Å². The van der Waals surface area contributed by atoms with E-state index in [0.29, 0.717) is 11.1 Å². The minimum absolute atomic E-state index is 0.139. The van der Waals surface area contributed by atoms with Crippen LogP contribution in [0.2, 0.25) is 0 Å². The van der Waals surface area contributed by atoms with E-state index in [1.807, 2.05) is 12.1 Å². The lowest BCUT2D eigenvalue weighted by Crippen LogP contribution is -2.40. The van der Waals surface area contributed by atoms with Gasteiger partial charge in [0.1, 0.15) is 23.0 Å². The first-order valence-electron chi connectivity index (χ1n) is 11.1. The molecule has 182 valence electrons. The highest BCUT2D eigenvalue weighted by Gasteiger charge is 2.30. The van der Waals surface area contributed by atoms with Crippen LogP contribution < -0.4 is 10.6 Å². The standard InChI is InChI=1S/C28H24N2O6/c31-19-11-13-23(33)21(15-19)27(35)29-25(17-7-3-1-4-8-17)26(18-9-5-2-6-10-18)30-28(36)22-16-20(32)12-14-24(22)34/h1-16,25-26,31-34H,(H,29,35)(H,30,36)/t25-,26+. The Balaban J connectivity index is 1.77. The Morgan fingerprint density at radius 1 is 0.528 bits per heavy atom. The molecule has 0 saturated carbocycles. The maximum Gasteiger partial charge on any atom is 0.255 e. The van der Waals surface area contributed by atoms with Gasteiger partial charge < -0.3 is 31.1 Å². The molecule has 4 aromatic rings. The number of carbonyl (C=O) groups excluding carboxylic acids is 2. The predicted octanol–water partition coefficient (Wildman–Crippen LogP) is 4.15. The fourth-order valence-electron chi connectivity index (χ4n) is 3.89. The molecule has 0 aliphatic carbocycles. The van der Waals surface area contributed by atoms with Crippen LogP contribution in [0.3, 0.4) is 0 Å². The predicted molar refractivity (Wildman–Crippen MR) is 133 cm³/mol. The number of benzene rings is 4. The lowest BCUT2D eigenvalue weighted by Gasteiger charge is -2.30. The fraction of sp³-hybridized carbons (Fsp3) is 0.0714. The molecule has 6 N–H and O–H groups in total. The molecule has 2 amide bonds. The summed E-state index contributed by atoms with van der Waals surface area (Å²) in [5.41, 5.74) is 1.03. The summed E-state index contributed by atoms with van der Waals surface area (Å²) in [6.07, 6.45) is 0. The third kappa shape index (κ3) is 5.39. The Morgan fingerprint density at radius 3 is 1.25 bits per heavy atom. The molecule has 4 aromatic carbocycles.